The number of sulfonamides is 1. The van der Waals surface area contributed by atoms with Crippen LogP contribution in [0.2, 0.25) is 0 Å². The average Bonchev–Trinajstić information content (AvgIpc) is 3.23. The van der Waals surface area contributed by atoms with E-state index in [-0.39, 0.29) is 11.8 Å². The van der Waals surface area contributed by atoms with Crippen LogP contribution < -0.4 is 5.32 Å². The largest absolute Gasteiger partial charge is 0.321 e. The first-order valence-electron chi connectivity index (χ1n) is 8.55. The third kappa shape index (κ3) is 3.55. The van der Waals surface area contributed by atoms with Gasteiger partial charge in [0.1, 0.15) is 0 Å². The average molecular weight is 388 g/mol. The highest BCUT2D eigenvalue weighted by Gasteiger charge is 2.36. The number of anilines is 2. The van der Waals surface area contributed by atoms with Gasteiger partial charge in [-0.3, -0.25) is 9.36 Å². The van der Waals surface area contributed by atoms with E-state index in [2.05, 4.69) is 25.5 Å². The van der Waals surface area contributed by atoms with Crippen molar-refractivity contribution in [2.45, 2.75) is 13.0 Å². The summed E-state index contributed by atoms with van der Waals surface area (Å²) in [5, 5.41) is 11.6. The van der Waals surface area contributed by atoms with Crippen molar-refractivity contribution in [1.29, 1.82) is 0 Å². The molecule has 0 aromatic carbocycles. The molecule has 1 aliphatic heterocycles. The minimum Gasteiger partial charge on any atom is -0.321 e. The molecule has 0 bridgehead atoms. The van der Waals surface area contributed by atoms with E-state index in [0.717, 1.165) is 16.9 Å². The summed E-state index contributed by atoms with van der Waals surface area (Å²) < 4.78 is 28.7. The molecule has 0 unspecified atom stereocenters. The van der Waals surface area contributed by atoms with Crippen molar-refractivity contribution in [1.82, 2.24) is 33.8 Å². The number of nitrogens with one attached hydrogen (secondary N) is 1. The minimum absolute atomic E-state index is 0.0508. The lowest BCUT2D eigenvalue weighted by Crippen LogP contribution is -2.51. The third-order valence-corrected chi connectivity index (χ3v) is 6.29. The van der Waals surface area contributed by atoms with Gasteiger partial charge in [0.05, 0.1) is 35.6 Å². The Morgan fingerprint density at radius 1 is 1.22 bits per heavy atom. The summed E-state index contributed by atoms with van der Waals surface area (Å²) in [6.45, 7) is 2.56. The Hall–Kier alpha value is -2.79. The quantitative estimate of drug-likeness (QED) is 0.671. The van der Waals surface area contributed by atoms with Crippen molar-refractivity contribution >= 4 is 21.7 Å². The molecule has 27 heavy (non-hydrogen) atoms. The van der Waals surface area contributed by atoms with Crippen LogP contribution >= 0.6 is 0 Å². The zero-order valence-corrected chi connectivity index (χ0v) is 15.8. The van der Waals surface area contributed by atoms with Crippen LogP contribution in [0.4, 0.5) is 11.6 Å². The van der Waals surface area contributed by atoms with Crippen molar-refractivity contribution in [3.05, 3.63) is 37.1 Å². The standard InChI is InChI=1S/C16H20N8O2S/c1-3-27(25,26)23-10-14(11-23)24-8-12(6-19-24)15-4-5-17-16(21-15)20-13-7-18-22(2)9-13/h4-9,14H,3,10-11H2,1-2H3,(H,17,20,21). The molecule has 0 spiro atoms. The molecule has 0 aliphatic carbocycles. The van der Waals surface area contributed by atoms with Crippen LogP contribution in [0.1, 0.15) is 13.0 Å². The van der Waals surface area contributed by atoms with E-state index in [1.54, 1.807) is 34.9 Å². The van der Waals surface area contributed by atoms with Crippen molar-refractivity contribution in [3.8, 4) is 11.3 Å². The maximum absolute atomic E-state index is 11.8. The molecule has 4 rings (SSSR count). The summed E-state index contributed by atoms with van der Waals surface area (Å²) in [6.07, 6.45) is 8.82. The molecular formula is C16H20N8O2S. The predicted octanol–water partition coefficient (Wildman–Crippen LogP) is 1.02. The van der Waals surface area contributed by atoms with Gasteiger partial charge in [-0.2, -0.15) is 14.5 Å². The molecule has 4 heterocycles. The summed E-state index contributed by atoms with van der Waals surface area (Å²) in [6, 6.07) is 1.86. The number of aryl methyl sites for hydroxylation is 1. The summed E-state index contributed by atoms with van der Waals surface area (Å²) in [7, 11) is -1.29. The van der Waals surface area contributed by atoms with E-state index in [1.807, 2.05) is 25.5 Å². The smallest absolute Gasteiger partial charge is 0.227 e. The summed E-state index contributed by atoms with van der Waals surface area (Å²) in [5.41, 5.74) is 2.39. The van der Waals surface area contributed by atoms with Crippen LogP contribution in [0.25, 0.3) is 11.3 Å². The van der Waals surface area contributed by atoms with E-state index in [0.29, 0.717) is 19.0 Å². The Morgan fingerprint density at radius 3 is 2.74 bits per heavy atom. The first kappa shape index (κ1) is 17.6. The minimum atomic E-state index is -3.12. The molecule has 1 aliphatic rings. The van der Waals surface area contributed by atoms with Gasteiger partial charge < -0.3 is 5.32 Å². The van der Waals surface area contributed by atoms with Crippen LogP contribution in [-0.4, -0.2) is 61.1 Å². The molecule has 1 fully saturated rings. The fourth-order valence-electron chi connectivity index (χ4n) is 2.86. The highest BCUT2D eigenvalue weighted by molar-refractivity contribution is 7.89. The first-order valence-corrected chi connectivity index (χ1v) is 10.2. The van der Waals surface area contributed by atoms with E-state index >= 15 is 0 Å². The fraction of sp³-hybridized carbons (Fsp3) is 0.375. The first-order chi connectivity index (χ1) is 12.9. The second-order valence-electron chi connectivity index (χ2n) is 6.37. The van der Waals surface area contributed by atoms with Gasteiger partial charge in [0, 0.05) is 44.3 Å². The molecule has 0 atom stereocenters. The molecule has 1 saturated heterocycles. The zero-order valence-electron chi connectivity index (χ0n) is 15.0. The maximum atomic E-state index is 11.8. The molecule has 0 amide bonds. The molecule has 1 N–H and O–H groups in total. The second kappa shape index (κ2) is 6.74. The van der Waals surface area contributed by atoms with Crippen LogP contribution in [0, 0.1) is 0 Å². The number of hydrogen-bond acceptors (Lipinski definition) is 7. The summed E-state index contributed by atoms with van der Waals surface area (Å²) >= 11 is 0. The molecule has 3 aromatic heterocycles. The van der Waals surface area contributed by atoms with E-state index in [1.165, 1.54) is 4.31 Å². The normalized spacial score (nSPS) is 15.6. The van der Waals surface area contributed by atoms with Crippen molar-refractivity contribution in [2.75, 3.05) is 24.2 Å². The lowest BCUT2D eigenvalue weighted by Gasteiger charge is -2.37. The van der Waals surface area contributed by atoms with Gasteiger partial charge in [-0.1, -0.05) is 0 Å². The monoisotopic (exact) mass is 388 g/mol. The lowest BCUT2D eigenvalue weighted by molar-refractivity contribution is 0.191. The Morgan fingerprint density at radius 2 is 2.04 bits per heavy atom. The van der Waals surface area contributed by atoms with Crippen molar-refractivity contribution in [3.63, 3.8) is 0 Å². The highest BCUT2D eigenvalue weighted by Crippen LogP contribution is 2.26. The van der Waals surface area contributed by atoms with Crippen LogP contribution in [-0.2, 0) is 17.1 Å². The van der Waals surface area contributed by atoms with Gasteiger partial charge in [-0.25, -0.2) is 18.4 Å². The van der Waals surface area contributed by atoms with Crippen LogP contribution in [0.5, 0.6) is 0 Å². The maximum Gasteiger partial charge on any atom is 0.227 e. The van der Waals surface area contributed by atoms with Gasteiger partial charge in [0.2, 0.25) is 16.0 Å². The van der Waals surface area contributed by atoms with Crippen molar-refractivity contribution in [2.24, 2.45) is 7.05 Å². The van der Waals surface area contributed by atoms with Crippen LogP contribution in [0.3, 0.4) is 0 Å². The van der Waals surface area contributed by atoms with Gasteiger partial charge in [0.25, 0.3) is 0 Å². The topological polar surface area (TPSA) is 111 Å². The number of aromatic nitrogens is 6. The van der Waals surface area contributed by atoms with Crippen molar-refractivity contribution < 1.29 is 8.42 Å². The highest BCUT2D eigenvalue weighted by atomic mass is 32.2. The number of rotatable bonds is 6. The van der Waals surface area contributed by atoms with Gasteiger partial charge in [0.15, 0.2) is 0 Å². The molecule has 0 saturated carbocycles. The molecule has 0 radical (unpaired) electrons. The Balaban J connectivity index is 1.47. The third-order valence-electron chi connectivity index (χ3n) is 4.47. The molecule has 10 nitrogen and oxygen atoms in total. The zero-order chi connectivity index (χ0) is 19.0. The summed E-state index contributed by atoms with van der Waals surface area (Å²) in [4.78, 5) is 8.74. The Kier molecular flexibility index (Phi) is 4.40. The second-order valence-corrected chi connectivity index (χ2v) is 8.63. The van der Waals surface area contributed by atoms with E-state index in [4.69, 9.17) is 0 Å². The van der Waals surface area contributed by atoms with Gasteiger partial charge in [-0.15, -0.1) is 0 Å². The molecule has 11 heteroatoms. The van der Waals surface area contributed by atoms with E-state index in [9.17, 15) is 8.42 Å². The predicted molar refractivity (Wildman–Crippen MR) is 99.8 cm³/mol. The molecule has 142 valence electrons. The molecular weight excluding hydrogens is 368 g/mol. The molecule has 3 aromatic rings. The number of nitrogens with zero attached hydrogens (tertiary/aromatic N) is 7. The van der Waals surface area contributed by atoms with Crippen LogP contribution in [0.15, 0.2) is 37.1 Å². The lowest BCUT2D eigenvalue weighted by atomic mass is 10.2. The Labute approximate surface area is 156 Å². The van der Waals surface area contributed by atoms with Gasteiger partial charge in [-0.05, 0) is 13.0 Å². The van der Waals surface area contributed by atoms with Gasteiger partial charge >= 0.3 is 0 Å². The Bertz CT molecular complexity index is 1050. The summed E-state index contributed by atoms with van der Waals surface area (Å²) in [5.74, 6) is 0.592. The fourth-order valence-corrected chi connectivity index (χ4v) is 4.02. The SMILES string of the molecule is CCS(=O)(=O)N1CC(n2cc(-c3ccnc(Nc4cnn(C)c4)n3)cn2)C1. The van der Waals surface area contributed by atoms with E-state index < -0.39 is 10.0 Å². The number of hydrogen-bond donors (Lipinski definition) is 1.